The van der Waals surface area contributed by atoms with Crippen molar-refractivity contribution in [3.8, 4) is 6.07 Å². The van der Waals surface area contributed by atoms with Crippen molar-refractivity contribution in [3.05, 3.63) is 24.0 Å². The van der Waals surface area contributed by atoms with Crippen LogP contribution in [0.4, 0.5) is 5.69 Å². The third kappa shape index (κ3) is 2.75. The van der Waals surface area contributed by atoms with Crippen molar-refractivity contribution in [1.29, 1.82) is 5.26 Å². The number of aromatic nitrogens is 1. The zero-order chi connectivity index (χ0) is 12.1. The summed E-state index contributed by atoms with van der Waals surface area (Å²) >= 11 is 0. The van der Waals surface area contributed by atoms with Crippen molar-refractivity contribution in [1.82, 2.24) is 4.98 Å². The van der Waals surface area contributed by atoms with Crippen LogP contribution in [0.1, 0.15) is 25.0 Å². The van der Waals surface area contributed by atoms with Gasteiger partial charge in [0.15, 0.2) is 5.69 Å². The molecule has 17 heavy (non-hydrogen) atoms. The summed E-state index contributed by atoms with van der Waals surface area (Å²) < 4.78 is 0. The minimum Gasteiger partial charge on any atom is -0.369 e. The number of rotatable bonds is 3. The summed E-state index contributed by atoms with van der Waals surface area (Å²) in [4.78, 5) is 6.39. The molecule has 0 spiro atoms. The Balaban J connectivity index is 2.14. The topological polar surface area (TPSA) is 65.9 Å². The first-order chi connectivity index (χ1) is 8.35. The highest BCUT2D eigenvalue weighted by molar-refractivity contribution is 5.55. The Morgan fingerprint density at radius 2 is 2.47 bits per heavy atom. The van der Waals surface area contributed by atoms with Gasteiger partial charge in [0, 0.05) is 19.3 Å². The second kappa shape index (κ2) is 5.65. The highest BCUT2D eigenvalue weighted by Crippen LogP contribution is 2.26. The lowest BCUT2D eigenvalue weighted by atomic mass is 9.94. The first-order valence-corrected chi connectivity index (χ1v) is 6.15. The maximum absolute atomic E-state index is 9.06. The molecule has 90 valence electrons. The fourth-order valence-corrected chi connectivity index (χ4v) is 2.49. The summed E-state index contributed by atoms with van der Waals surface area (Å²) in [5.74, 6) is 0.653. The molecule has 1 aliphatic rings. The van der Waals surface area contributed by atoms with E-state index >= 15 is 0 Å². The van der Waals surface area contributed by atoms with E-state index in [1.54, 1.807) is 6.20 Å². The van der Waals surface area contributed by atoms with Crippen molar-refractivity contribution in [2.24, 2.45) is 11.7 Å². The second-order valence-corrected chi connectivity index (χ2v) is 4.51. The van der Waals surface area contributed by atoms with Gasteiger partial charge >= 0.3 is 0 Å². The number of anilines is 1. The Morgan fingerprint density at radius 1 is 1.59 bits per heavy atom. The van der Waals surface area contributed by atoms with Gasteiger partial charge in [0.05, 0.1) is 5.69 Å². The van der Waals surface area contributed by atoms with E-state index in [2.05, 4.69) is 16.0 Å². The highest BCUT2D eigenvalue weighted by Gasteiger charge is 2.21. The van der Waals surface area contributed by atoms with E-state index in [0.29, 0.717) is 11.6 Å². The van der Waals surface area contributed by atoms with Crippen LogP contribution in [-0.4, -0.2) is 24.6 Å². The summed E-state index contributed by atoms with van der Waals surface area (Å²) in [6, 6.07) is 6.04. The Hall–Kier alpha value is -1.60. The van der Waals surface area contributed by atoms with E-state index in [-0.39, 0.29) is 0 Å². The molecule has 4 heteroatoms. The van der Waals surface area contributed by atoms with Crippen LogP contribution < -0.4 is 10.6 Å². The van der Waals surface area contributed by atoms with Crippen LogP contribution in [0.25, 0.3) is 0 Å². The lowest BCUT2D eigenvalue weighted by Gasteiger charge is -2.34. The summed E-state index contributed by atoms with van der Waals surface area (Å²) in [6.45, 7) is 2.76. The maximum atomic E-state index is 9.06. The summed E-state index contributed by atoms with van der Waals surface area (Å²) in [5.41, 5.74) is 7.11. The van der Waals surface area contributed by atoms with Gasteiger partial charge in [0.1, 0.15) is 6.07 Å². The number of nitrogens with zero attached hydrogens (tertiary/aromatic N) is 3. The van der Waals surface area contributed by atoms with Gasteiger partial charge in [-0.05, 0) is 43.9 Å². The van der Waals surface area contributed by atoms with Gasteiger partial charge in [-0.2, -0.15) is 5.26 Å². The van der Waals surface area contributed by atoms with Crippen LogP contribution >= 0.6 is 0 Å². The van der Waals surface area contributed by atoms with Crippen molar-refractivity contribution < 1.29 is 0 Å². The smallest absolute Gasteiger partial charge is 0.163 e. The maximum Gasteiger partial charge on any atom is 0.163 e. The third-order valence-electron chi connectivity index (χ3n) is 3.33. The fraction of sp³-hybridized carbons (Fsp3) is 0.538. The van der Waals surface area contributed by atoms with Crippen LogP contribution in [-0.2, 0) is 0 Å². The molecule has 1 aromatic rings. The molecule has 1 aliphatic heterocycles. The molecule has 1 aromatic heterocycles. The molecule has 0 bridgehead atoms. The molecule has 4 nitrogen and oxygen atoms in total. The van der Waals surface area contributed by atoms with Crippen LogP contribution in [0.5, 0.6) is 0 Å². The first kappa shape index (κ1) is 11.9. The molecule has 2 N–H and O–H groups in total. The molecule has 0 amide bonds. The molecular formula is C13H18N4. The van der Waals surface area contributed by atoms with E-state index in [9.17, 15) is 0 Å². The van der Waals surface area contributed by atoms with E-state index in [0.717, 1.165) is 31.7 Å². The standard InChI is InChI=1S/C13H18N4/c14-6-5-11-3-2-8-17(10-11)13-4-1-7-16-12(13)9-15/h1,4,7,11H,2-3,5-6,8,10,14H2. The van der Waals surface area contributed by atoms with Gasteiger partial charge in [-0.15, -0.1) is 0 Å². The van der Waals surface area contributed by atoms with Gasteiger partial charge in [-0.3, -0.25) is 0 Å². The highest BCUT2D eigenvalue weighted by atomic mass is 15.1. The van der Waals surface area contributed by atoms with Gasteiger partial charge in [0.2, 0.25) is 0 Å². The number of nitriles is 1. The molecule has 0 saturated carbocycles. The predicted octanol–water partition coefficient (Wildman–Crippen LogP) is 1.52. The summed E-state index contributed by atoms with van der Waals surface area (Å²) in [7, 11) is 0. The van der Waals surface area contributed by atoms with Gasteiger partial charge in [0.25, 0.3) is 0 Å². The van der Waals surface area contributed by atoms with Crippen LogP contribution in [0.2, 0.25) is 0 Å². The van der Waals surface area contributed by atoms with E-state index in [4.69, 9.17) is 11.0 Å². The molecule has 0 aromatic carbocycles. The minimum atomic E-state index is 0.529. The van der Waals surface area contributed by atoms with Gasteiger partial charge in [-0.25, -0.2) is 4.98 Å². The van der Waals surface area contributed by atoms with Crippen LogP contribution in [0.3, 0.4) is 0 Å². The predicted molar refractivity (Wildman–Crippen MR) is 67.6 cm³/mol. The van der Waals surface area contributed by atoms with Crippen molar-refractivity contribution in [2.75, 3.05) is 24.5 Å². The quantitative estimate of drug-likeness (QED) is 0.855. The van der Waals surface area contributed by atoms with Crippen LogP contribution in [0.15, 0.2) is 18.3 Å². The molecule has 2 heterocycles. The Morgan fingerprint density at radius 3 is 3.24 bits per heavy atom. The lowest BCUT2D eigenvalue weighted by molar-refractivity contribution is 0.396. The van der Waals surface area contributed by atoms with Crippen molar-refractivity contribution >= 4 is 5.69 Å². The van der Waals surface area contributed by atoms with Gasteiger partial charge < -0.3 is 10.6 Å². The fourth-order valence-electron chi connectivity index (χ4n) is 2.49. The number of hydrogen-bond acceptors (Lipinski definition) is 4. The third-order valence-corrected chi connectivity index (χ3v) is 3.33. The zero-order valence-electron chi connectivity index (χ0n) is 9.97. The number of hydrogen-bond donors (Lipinski definition) is 1. The van der Waals surface area contributed by atoms with E-state index in [1.807, 2.05) is 12.1 Å². The Kier molecular flexibility index (Phi) is 3.94. The number of piperidine rings is 1. The van der Waals surface area contributed by atoms with Crippen LogP contribution in [0, 0.1) is 17.2 Å². The Labute approximate surface area is 102 Å². The average molecular weight is 230 g/mol. The van der Waals surface area contributed by atoms with Crippen molar-refractivity contribution in [3.63, 3.8) is 0 Å². The molecule has 0 aliphatic carbocycles. The normalized spacial score (nSPS) is 20.0. The van der Waals surface area contributed by atoms with E-state index < -0.39 is 0 Å². The second-order valence-electron chi connectivity index (χ2n) is 4.51. The monoisotopic (exact) mass is 230 g/mol. The number of pyridine rings is 1. The number of nitrogens with two attached hydrogens (primary N) is 1. The molecule has 1 saturated heterocycles. The molecule has 1 unspecified atom stereocenters. The molecule has 2 rings (SSSR count). The largest absolute Gasteiger partial charge is 0.369 e. The molecule has 1 fully saturated rings. The zero-order valence-corrected chi connectivity index (χ0v) is 9.97. The summed E-state index contributed by atoms with van der Waals surface area (Å²) in [6.07, 6.45) is 5.16. The summed E-state index contributed by atoms with van der Waals surface area (Å²) in [5, 5.41) is 9.06. The lowest BCUT2D eigenvalue weighted by Crippen LogP contribution is -2.36. The average Bonchev–Trinajstić information content (AvgIpc) is 2.39. The van der Waals surface area contributed by atoms with E-state index in [1.165, 1.54) is 12.8 Å². The minimum absolute atomic E-state index is 0.529. The van der Waals surface area contributed by atoms with Gasteiger partial charge in [-0.1, -0.05) is 0 Å². The molecule has 1 atom stereocenters. The first-order valence-electron chi connectivity index (χ1n) is 6.15. The van der Waals surface area contributed by atoms with Crippen molar-refractivity contribution in [2.45, 2.75) is 19.3 Å². The SMILES string of the molecule is N#Cc1ncccc1N1CCCC(CCN)C1. The molecule has 0 radical (unpaired) electrons. The Bertz CT molecular complexity index is 408. The molecular weight excluding hydrogens is 212 g/mol.